The van der Waals surface area contributed by atoms with E-state index in [4.69, 9.17) is 14.0 Å². The number of alkyl halides is 3. The molecule has 39 heavy (non-hydrogen) atoms. The Kier molecular flexibility index (Phi) is 8.43. The highest BCUT2D eigenvalue weighted by atomic mass is 19.4. The zero-order chi connectivity index (χ0) is 29.4. The number of carbonyl (C=O) groups excluding carboxylic acids is 2. The monoisotopic (exact) mass is 552 g/mol. The van der Waals surface area contributed by atoms with Crippen LogP contribution >= 0.6 is 0 Å². The summed E-state index contributed by atoms with van der Waals surface area (Å²) in [5, 5.41) is 4.60. The molecule has 3 rings (SSSR count). The molecule has 0 saturated carbocycles. The summed E-state index contributed by atoms with van der Waals surface area (Å²) in [4.78, 5) is 24.7. The van der Waals surface area contributed by atoms with Crippen molar-refractivity contribution < 1.29 is 41.2 Å². The molecule has 1 aliphatic heterocycles. The van der Waals surface area contributed by atoms with E-state index in [1.165, 1.54) is 44.2 Å². The Balaban J connectivity index is 1.74. The first kappa shape index (κ1) is 30.4. The number of carbonyl (C=O) groups is 2. The molecule has 0 unspecified atom stereocenters. The Labute approximate surface area is 225 Å². The predicted molar refractivity (Wildman–Crippen MR) is 140 cm³/mol. The number of anilines is 2. The highest BCUT2D eigenvalue weighted by Crippen LogP contribution is 2.38. The molecular formula is C27H33BF4N2O5. The van der Waals surface area contributed by atoms with Crippen LogP contribution in [0.5, 0.6) is 0 Å². The Morgan fingerprint density at radius 2 is 1.59 bits per heavy atom. The Bertz CT molecular complexity index is 1230. The Hall–Kier alpha value is -3.12. The summed E-state index contributed by atoms with van der Waals surface area (Å²) in [5.41, 5.74) is -3.51. The number of esters is 1. The van der Waals surface area contributed by atoms with Crippen LogP contribution in [0.3, 0.4) is 0 Å². The number of ether oxygens (including phenoxy) is 1. The van der Waals surface area contributed by atoms with Crippen LogP contribution in [-0.2, 0) is 31.4 Å². The van der Waals surface area contributed by atoms with Crippen LogP contribution in [0.15, 0.2) is 36.4 Å². The standard InChI is InChI=1S/C27H33BF4N2O5/c1-8-37-22(35)24(2,3)15-16-9-11-18(14-19(16)27(30,31)32)33-23(36)34-21-12-10-17(13-20(21)29)28-38-25(4,5)26(6,7)39-28/h9-14H,8,15H2,1-7H3,(H2,33,34,36). The second-order valence-corrected chi connectivity index (χ2v) is 11.1. The van der Waals surface area contributed by atoms with Crippen LogP contribution in [0.4, 0.5) is 33.7 Å². The normalized spacial score (nSPS) is 16.6. The van der Waals surface area contributed by atoms with Crippen molar-refractivity contribution in [3.05, 3.63) is 53.3 Å². The highest BCUT2D eigenvalue weighted by molar-refractivity contribution is 6.62. The highest BCUT2D eigenvalue weighted by Gasteiger charge is 2.51. The van der Waals surface area contributed by atoms with E-state index in [-0.39, 0.29) is 30.0 Å². The largest absolute Gasteiger partial charge is 0.494 e. The first-order chi connectivity index (χ1) is 17.9. The molecule has 1 saturated heterocycles. The van der Waals surface area contributed by atoms with Crippen molar-refractivity contribution >= 4 is 36.0 Å². The minimum absolute atomic E-state index is 0.105. The first-order valence-corrected chi connectivity index (χ1v) is 12.5. The molecule has 2 amide bonds. The zero-order valence-corrected chi connectivity index (χ0v) is 23.0. The molecule has 212 valence electrons. The van der Waals surface area contributed by atoms with Gasteiger partial charge in [0, 0.05) is 5.69 Å². The van der Waals surface area contributed by atoms with Gasteiger partial charge in [-0.05, 0) is 90.2 Å². The number of halogens is 4. The van der Waals surface area contributed by atoms with Crippen molar-refractivity contribution in [3.8, 4) is 0 Å². The van der Waals surface area contributed by atoms with E-state index in [0.29, 0.717) is 5.46 Å². The minimum atomic E-state index is -4.75. The van der Waals surface area contributed by atoms with Gasteiger partial charge in [-0.15, -0.1) is 0 Å². The van der Waals surface area contributed by atoms with Crippen LogP contribution in [-0.4, -0.2) is 36.9 Å². The van der Waals surface area contributed by atoms with Crippen LogP contribution in [0.25, 0.3) is 0 Å². The Morgan fingerprint density at radius 3 is 2.13 bits per heavy atom. The van der Waals surface area contributed by atoms with Gasteiger partial charge in [-0.25, -0.2) is 9.18 Å². The minimum Gasteiger partial charge on any atom is -0.466 e. The molecule has 1 fully saturated rings. The van der Waals surface area contributed by atoms with Gasteiger partial charge in [-0.1, -0.05) is 12.1 Å². The molecule has 0 atom stereocenters. The van der Waals surface area contributed by atoms with Crippen LogP contribution in [0, 0.1) is 11.2 Å². The van der Waals surface area contributed by atoms with Gasteiger partial charge in [-0.3, -0.25) is 4.79 Å². The number of benzene rings is 2. The molecule has 0 aromatic heterocycles. The SMILES string of the molecule is CCOC(=O)C(C)(C)Cc1ccc(NC(=O)Nc2ccc(B3OC(C)(C)C(C)(C)O3)cc2F)cc1C(F)(F)F. The number of nitrogens with one attached hydrogen (secondary N) is 2. The third kappa shape index (κ3) is 6.91. The lowest BCUT2D eigenvalue weighted by Crippen LogP contribution is -2.41. The lowest BCUT2D eigenvalue weighted by atomic mass is 9.79. The van der Waals surface area contributed by atoms with Gasteiger partial charge in [0.1, 0.15) is 5.82 Å². The molecular weight excluding hydrogens is 519 g/mol. The lowest BCUT2D eigenvalue weighted by molar-refractivity contribution is -0.154. The fourth-order valence-corrected chi connectivity index (χ4v) is 3.99. The molecule has 7 nitrogen and oxygen atoms in total. The number of amides is 2. The average Bonchev–Trinajstić information content (AvgIpc) is 3.02. The summed E-state index contributed by atoms with van der Waals surface area (Å²) in [6, 6.07) is 6.32. The van der Waals surface area contributed by atoms with E-state index in [0.717, 1.165) is 6.07 Å². The molecule has 2 aromatic carbocycles. The number of urea groups is 1. The lowest BCUT2D eigenvalue weighted by Gasteiger charge is -2.32. The number of hydrogen-bond donors (Lipinski definition) is 2. The van der Waals surface area contributed by atoms with Crippen molar-refractivity contribution in [1.82, 2.24) is 0 Å². The summed E-state index contributed by atoms with van der Waals surface area (Å²) < 4.78 is 73.1. The van der Waals surface area contributed by atoms with Crippen molar-refractivity contribution in [2.45, 2.75) is 72.3 Å². The predicted octanol–water partition coefficient (Wildman–Crippen LogP) is 5.92. The Morgan fingerprint density at radius 1 is 0.974 bits per heavy atom. The van der Waals surface area contributed by atoms with Gasteiger partial charge in [0.25, 0.3) is 0 Å². The van der Waals surface area contributed by atoms with Crippen LogP contribution in [0.1, 0.15) is 59.6 Å². The number of rotatable bonds is 7. The smallest absolute Gasteiger partial charge is 0.466 e. The zero-order valence-electron chi connectivity index (χ0n) is 23.0. The average molecular weight is 552 g/mol. The summed E-state index contributed by atoms with van der Waals surface area (Å²) in [6.45, 7) is 12.2. The second-order valence-electron chi connectivity index (χ2n) is 11.1. The number of hydrogen-bond acceptors (Lipinski definition) is 5. The maximum atomic E-state index is 14.8. The molecule has 2 N–H and O–H groups in total. The molecule has 0 bridgehead atoms. The molecule has 12 heteroatoms. The fraction of sp³-hybridized carbons (Fsp3) is 0.481. The van der Waals surface area contributed by atoms with E-state index in [9.17, 15) is 27.2 Å². The van der Waals surface area contributed by atoms with Gasteiger partial charge in [0.05, 0.1) is 34.5 Å². The van der Waals surface area contributed by atoms with Gasteiger partial charge in [-0.2, -0.15) is 13.2 Å². The van der Waals surface area contributed by atoms with Gasteiger partial charge >= 0.3 is 25.3 Å². The van der Waals surface area contributed by atoms with Crippen molar-refractivity contribution in [2.75, 3.05) is 17.2 Å². The van der Waals surface area contributed by atoms with E-state index in [2.05, 4.69) is 10.6 Å². The maximum absolute atomic E-state index is 14.8. The molecule has 0 radical (unpaired) electrons. The molecule has 2 aromatic rings. The summed E-state index contributed by atoms with van der Waals surface area (Å²) in [7, 11) is -0.805. The van der Waals surface area contributed by atoms with E-state index < -0.39 is 53.3 Å². The van der Waals surface area contributed by atoms with Crippen molar-refractivity contribution in [1.29, 1.82) is 0 Å². The van der Waals surface area contributed by atoms with Gasteiger partial charge in [0.2, 0.25) is 0 Å². The third-order valence-electron chi connectivity index (χ3n) is 6.90. The summed E-state index contributed by atoms with van der Waals surface area (Å²) in [5.74, 6) is -1.39. The van der Waals surface area contributed by atoms with Crippen LogP contribution in [0.2, 0.25) is 0 Å². The van der Waals surface area contributed by atoms with E-state index >= 15 is 0 Å². The fourth-order valence-electron chi connectivity index (χ4n) is 3.99. The van der Waals surface area contributed by atoms with Gasteiger partial charge in [0.15, 0.2) is 0 Å². The van der Waals surface area contributed by atoms with Crippen LogP contribution < -0.4 is 16.1 Å². The topological polar surface area (TPSA) is 85.9 Å². The van der Waals surface area contributed by atoms with Crippen molar-refractivity contribution in [3.63, 3.8) is 0 Å². The second kappa shape index (κ2) is 10.8. The molecule has 1 aliphatic rings. The summed E-state index contributed by atoms with van der Waals surface area (Å²) in [6.07, 6.45) is -4.98. The van der Waals surface area contributed by atoms with Crippen molar-refractivity contribution in [2.24, 2.45) is 5.41 Å². The molecule has 0 spiro atoms. The van der Waals surface area contributed by atoms with Gasteiger partial charge < -0.3 is 24.7 Å². The molecule has 1 heterocycles. The molecule has 0 aliphatic carbocycles. The summed E-state index contributed by atoms with van der Waals surface area (Å²) >= 11 is 0. The van der Waals surface area contributed by atoms with E-state index in [1.807, 2.05) is 27.7 Å². The first-order valence-electron chi connectivity index (χ1n) is 12.5. The maximum Gasteiger partial charge on any atom is 0.494 e. The third-order valence-corrected chi connectivity index (χ3v) is 6.90. The van der Waals surface area contributed by atoms with E-state index in [1.54, 1.807) is 6.92 Å². The quantitative estimate of drug-likeness (QED) is 0.253.